The Hall–Kier alpha value is 0.250. The van der Waals surface area contributed by atoms with E-state index < -0.39 is 0 Å². The van der Waals surface area contributed by atoms with Gasteiger partial charge in [0.2, 0.25) is 0 Å². The molecule has 1 atom stereocenters. The smallest absolute Gasteiger partial charge is 0.00865 e. The Morgan fingerprint density at radius 2 is 1.11 bits per heavy atom. The zero-order valence-electron chi connectivity index (χ0n) is 13.9. The van der Waals surface area contributed by atoms with Gasteiger partial charge in [-0.05, 0) is 26.9 Å². The number of hydrogen-bond donors (Lipinski definition) is 0. The van der Waals surface area contributed by atoms with Gasteiger partial charge in [-0.1, -0.05) is 78.1 Å². The van der Waals surface area contributed by atoms with Crippen molar-refractivity contribution in [1.82, 2.24) is 4.90 Å². The maximum atomic E-state index is 2.38. The van der Waals surface area contributed by atoms with E-state index in [0.717, 1.165) is 6.04 Å². The lowest BCUT2D eigenvalue weighted by Gasteiger charge is -2.22. The van der Waals surface area contributed by atoms with E-state index in [1.807, 2.05) is 0 Å². The van der Waals surface area contributed by atoms with Gasteiger partial charge in [0.25, 0.3) is 0 Å². The monoisotopic (exact) mass is 291 g/mol. The lowest BCUT2D eigenvalue weighted by molar-refractivity contribution is 0.264. The Labute approximate surface area is 128 Å². The van der Waals surface area contributed by atoms with Gasteiger partial charge >= 0.3 is 0 Å². The molecule has 118 valence electrons. The van der Waals surface area contributed by atoms with Crippen molar-refractivity contribution in [3.63, 3.8) is 0 Å². The summed E-state index contributed by atoms with van der Waals surface area (Å²) in [5, 5.41) is 0. The molecule has 0 aromatic heterocycles. The summed E-state index contributed by atoms with van der Waals surface area (Å²) < 4.78 is 0. The number of unbranched alkanes of at least 4 members (excludes halogenated alkanes) is 9. The maximum absolute atomic E-state index is 2.38. The van der Waals surface area contributed by atoms with Crippen LogP contribution in [0.15, 0.2) is 0 Å². The van der Waals surface area contributed by atoms with E-state index in [9.17, 15) is 0 Å². The first kappa shape index (κ1) is 21.5. The molecule has 0 saturated heterocycles. The predicted octanol–water partition coefficient (Wildman–Crippen LogP) is 6.06. The number of halogens is 1. The summed E-state index contributed by atoms with van der Waals surface area (Å²) in [5.41, 5.74) is 0. The molecule has 1 nitrogen and oxygen atoms in total. The second-order valence-electron chi connectivity index (χ2n) is 6.00. The fraction of sp³-hybridized carbons (Fsp3) is 1.00. The van der Waals surface area contributed by atoms with Gasteiger partial charge < -0.3 is 4.90 Å². The normalized spacial score (nSPS) is 12.5. The third-order valence-corrected chi connectivity index (χ3v) is 4.09. The first-order valence-electron chi connectivity index (χ1n) is 8.38. The summed E-state index contributed by atoms with van der Waals surface area (Å²) in [7, 11) is 4.43. The summed E-state index contributed by atoms with van der Waals surface area (Å²) in [6.07, 6.45) is 17.1. The minimum Gasteiger partial charge on any atom is -0.306 e. The zero-order chi connectivity index (χ0) is 13.6. The van der Waals surface area contributed by atoms with Crippen LogP contribution in [0.1, 0.15) is 90.9 Å². The topological polar surface area (TPSA) is 3.24 Å². The largest absolute Gasteiger partial charge is 0.306 e. The molecule has 1 unspecified atom stereocenters. The van der Waals surface area contributed by atoms with Gasteiger partial charge in [0.05, 0.1) is 0 Å². The molecule has 0 N–H and O–H groups in total. The highest BCUT2D eigenvalue weighted by molar-refractivity contribution is 5.85. The Bertz CT molecular complexity index is 159. The summed E-state index contributed by atoms with van der Waals surface area (Å²) in [4.78, 5) is 2.38. The van der Waals surface area contributed by atoms with Gasteiger partial charge in [0.1, 0.15) is 0 Å². The highest BCUT2D eigenvalue weighted by atomic mass is 35.5. The van der Waals surface area contributed by atoms with E-state index >= 15 is 0 Å². The standard InChI is InChI=1S/C17H37N.ClH/c1-5-7-8-9-10-11-12-13-14-15-16-17(6-2)18(3)4;/h17H,5-16H2,1-4H3;1H. The van der Waals surface area contributed by atoms with Gasteiger partial charge in [-0.15, -0.1) is 12.4 Å². The molecular weight excluding hydrogens is 254 g/mol. The molecule has 0 aliphatic heterocycles. The van der Waals surface area contributed by atoms with E-state index in [1.165, 1.54) is 77.0 Å². The SMILES string of the molecule is CCCCCCCCCCCCC(CC)N(C)C.Cl. The number of rotatable bonds is 13. The predicted molar refractivity (Wildman–Crippen MR) is 91.5 cm³/mol. The fourth-order valence-corrected chi connectivity index (χ4v) is 2.69. The van der Waals surface area contributed by atoms with Crippen molar-refractivity contribution in [2.24, 2.45) is 0 Å². The van der Waals surface area contributed by atoms with Crippen LogP contribution in [-0.4, -0.2) is 25.0 Å². The molecule has 0 aromatic carbocycles. The second-order valence-corrected chi connectivity index (χ2v) is 6.00. The molecule has 2 heteroatoms. The van der Waals surface area contributed by atoms with Crippen LogP contribution in [0.2, 0.25) is 0 Å². The van der Waals surface area contributed by atoms with E-state index in [1.54, 1.807) is 0 Å². The first-order chi connectivity index (χ1) is 8.72. The Morgan fingerprint density at radius 1 is 0.684 bits per heavy atom. The van der Waals surface area contributed by atoms with Crippen molar-refractivity contribution < 1.29 is 0 Å². The first-order valence-corrected chi connectivity index (χ1v) is 8.38. The quantitative estimate of drug-likeness (QED) is 0.373. The number of nitrogens with zero attached hydrogens (tertiary/aromatic N) is 1. The molecule has 19 heavy (non-hydrogen) atoms. The van der Waals surface area contributed by atoms with Crippen molar-refractivity contribution in [2.45, 2.75) is 96.9 Å². The Morgan fingerprint density at radius 3 is 1.47 bits per heavy atom. The average molecular weight is 292 g/mol. The number of hydrogen-bond acceptors (Lipinski definition) is 1. The molecule has 0 bridgehead atoms. The minimum atomic E-state index is 0. The molecular formula is C17H38ClN. The molecule has 0 rings (SSSR count). The average Bonchev–Trinajstić information content (AvgIpc) is 2.35. The van der Waals surface area contributed by atoms with Crippen molar-refractivity contribution in [1.29, 1.82) is 0 Å². The summed E-state index contributed by atoms with van der Waals surface area (Å²) in [5.74, 6) is 0. The zero-order valence-corrected chi connectivity index (χ0v) is 14.7. The minimum absolute atomic E-state index is 0. The summed E-state index contributed by atoms with van der Waals surface area (Å²) in [6, 6.07) is 0.805. The summed E-state index contributed by atoms with van der Waals surface area (Å²) in [6.45, 7) is 4.60. The van der Waals surface area contributed by atoms with Crippen molar-refractivity contribution >= 4 is 12.4 Å². The van der Waals surface area contributed by atoms with Gasteiger partial charge in [0, 0.05) is 6.04 Å². The molecule has 0 fully saturated rings. The molecule has 0 spiro atoms. The molecule has 0 amide bonds. The Kier molecular flexibility index (Phi) is 18.5. The van der Waals surface area contributed by atoms with Crippen molar-refractivity contribution in [3.05, 3.63) is 0 Å². The van der Waals surface area contributed by atoms with Gasteiger partial charge in [0.15, 0.2) is 0 Å². The van der Waals surface area contributed by atoms with Crippen LogP contribution in [0.3, 0.4) is 0 Å². The lowest BCUT2D eigenvalue weighted by atomic mass is 10.0. The van der Waals surface area contributed by atoms with E-state index in [2.05, 4.69) is 32.8 Å². The van der Waals surface area contributed by atoms with Gasteiger partial charge in [-0.3, -0.25) is 0 Å². The highest BCUT2D eigenvalue weighted by Crippen LogP contribution is 2.14. The molecule has 0 aliphatic rings. The van der Waals surface area contributed by atoms with E-state index in [4.69, 9.17) is 0 Å². The van der Waals surface area contributed by atoms with Crippen LogP contribution in [0.5, 0.6) is 0 Å². The van der Waals surface area contributed by atoms with Crippen LogP contribution in [0, 0.1) is 0 Å². The molecule has 0 aromatic rings. The highest BCUT2D eigenvalue weighted by Gasteiger charge is 2.07. The summed E-state index contributed by atoms with van der Waals surface area (Å²) >= 11 is 0. The van der Waals surface area contributed by atoms with Crippen molar-refractivity contribution in [3.8, 4) is 0 Å². The maximum Gasteiger partial charge on any atom is 0.00865 e. The van der Waals surface area contributed by atoms with Crippen LogP contribution < -0.4 is 0 Å². The van der Waals surface area contributed by atoms with Crippen molar-refractivity contribution in [2.75, 3.05) is 14.1 Å². The van der Waals surface area contributed by atoms with Crippen LogP contribution >= 0.6 is 12.4 Å². The molecule has 0 aliphatic carbocycles. The fourth-order valence-electron chi connectivity index (χ4n) is 2.69. The Balaban J connectivity index is 0. The van der Waals surface area contributed by atoms with Crippen LogP contribution in [0.4, 0.5) is 0 Å². The molecule has 0 radical (unpaired) electrons. The van der Waals surface area contributed by atoms with Gasteiger partial charge in [-0.25, -0.2) is 0 Å². The van der Waals surface area contributed by atoms with Crippen LogP contribution in [-0.2, 0) is 0 Å². The third kappa shape index (κ3) is 14.5. The van der Waals surface area contributed by atoms with Gasteiger partial charge in [-0.2, -0.15) is 0 Å². The third-order valence-electron chi connectivity index (χ3n) is 4.09. The second kappa shape index (κ2) is 16.3. The molecule has 0 heterocycles. The van der Waals surface area contributed by atoms with E-state index in [-0.39, 0.29) is 12.4 Å². The lowest BCUT2D eigenvalue weighted by Crippen LogP contribution is -2.26. The molecule has 0 saturated carbocycles. The van der Waals surface area contributed by atoms with E-state index in [0.29, 0.717) is 0 Å². The van der Waals surface area contributed by atoms with Crippen LogP contribution in [0.25, 0.3) is 0 Å².